The summed E-state index contributed by atoms with van der Waals surface area (Å²) in [4.78, 5) is 13.6. The van der Waals surface area contributed by atoms with Crippen molar-refractivity contribution in [3.05, 3.63) is 27.7 Å². The lowest BCUT2D eigenvalue weighted by molar-refractivity contribution is 0.0769. The first-order valence-electron chi connectivity index (χ1n) is 5.51. The van der Waals surface area contributed by atoms with Crippen molar-refractivity contribution >= 4 is 34.8 Å². The van der Waals surface area contributed by atoms with Gasteiger partial charge in [0.2, 0.25) is 0 Å². The second kappa shape index (κ2) is 6.27. The van der Waals surface area contributed by atoms with Crippen LogP contribution in [-0.4, -0.2) is 35.6 Å². The molecule has 0 aromatic heterocycles. The van der Waals surface area contributed by atoms with E-state index in [-0.39, 0.29) is 21.6 Å². The van der Waals surface area contributed by atoms with Gasteiger partial charge in [-0.25, -0.2) is 0 Å². The van der Waals surface area contributed by atoms with Crippen molar-refractivity contribution in [3.63, 3.8) is 0 Å². The van der Waals surface area contributed by atoms with Gasteiger partial charge in [-0.15, -0.1) is 0 Å². The average molecular weight is 291 g/mol. The van der Waals surface area contributed by atoms with E-state index >= 15 is 0 Å². The number of aliphatic hydroxyl groups excluding tert-OH is 1. The molecule has 100 valence electrons. The number of rotatable bonds is 4. The van der Waals surface area contributed by atoms with E-state index in [1.54, 1.807) is 14.0 Å². The van der Waals surface area contributed by atoms with Crippen LogP contribution < -0.4 is 5.73 Å². The number of nitrogen functional groups attached to an aromatic ring is 1. The van der Waals surface area contributed by atoms with Crippen LogP contribution in [0.15, 0.2) is 12.1 Å². The maximum Gasteiger partial charge on any atom is 0.253 e. The topological polar surface area (TPSA) is 66.6 Å². The fourth-order valence-electron chi connectivity index (χ4n) is 1.41. The smallest absolute Gasteiger partial charge is 0.253 e. The summed E-state index contributed by atoms with van der Waals surface area (Å²) in [6.07, 6.45) is 0.0671. The third-order valence-electron chi connectivity index (χ3n) is 2.55. The van der Waals surface area contributed by atoms with E-state index in [4.69, 9.17) is 28.9 Å². The van der Waals surface area contributed by atoms with E-state index in [1.807, 2.05) is 0 Å². The molecule has 1 unspecified atom stereocenters. The van der Waals surface area contributed by atoms with Crippen LogP contribution in [0.5, 0.6) is 0 Å². The Kier molecular flexibility index (Phi) is 5.26. The van der Waals surface area contributed by atoms with E-state index in [1.165, 1.54) is 17.0 Å². The summed E-state index contributed by atoms with van der Waals surface area (Å²) >= 11 is 11.8. The van der Waals surface area contributed by atoms with Gasteiger partial charge in [0.15, 0.2) is 0 Å². The van der Waals surface area contributed by atoms with Crippen molar-refractivity contribution in [2.24, 2.45) is 0 Å². The monoisotopic (exact) mass is 290 g/mol. The van der Waals surface area contributed by atoms with E-state index in [0.29, 0.717) is 18.5 Å². The maximum atomic E-state index is 12.1. The van der Waals surface area contributed by atoms with E-state index in [9.17, 15) is 9.90 Å². The van der Waals surface area contributed by atoms with Crippen molar-refractivity contribution in [2.75, 3.05) is 19.3 Å². The van der Waals surface area contributed by atoms with Gasteiger partial charge in [0.25, 0.3) is 5.91 Å². The first-order valence-corrected chi connectivity index (χ1v) is 6.26. The largest absolute Gasteiger partial charge is 0.396 e. The minimum absolute atomic E-state index is 0.209. The molecule has 0 aliphatic carbocycles. The third kappa shape index (κ3) is 3.77. The predicted octanol–water partition coefficient (Wildman–Crippen LogP) is 2.42. The number of aliphatic hydroxyl groups is 1. The highest BCUT2D eigenvalue weighted by atomic mass is 35.5. The van der Waals surface area contributed by atoms with Crippen LogP contribution in [-0.2, 0) is 0 Å². The Balaban J connectivity index is 2.84. The van der Waals surface area contributed by atoms with Crippen LogP contribution in [0.3, 0.4) is 0 Å². The quantitative estimate of drug-likeness (QED) is 0.837. The summed E-state index contributed by atoms with van der Waals surface area (Å²) < 4.78 is 0. The first kappa shape index (κ1) is 15.1. The van der Waals surface area contributed by atoms with Gasteiger partial charge in [-0.2, -0.15) is 0 Å². The normalized spacial score (nSPS) is 12.3. The molecule has 0 radical (unpaired) electrons. The molecule has 1 rings (SSSR count). The standard InChI is InChI=1S/C12H16Cl2N2O2/c1-7(17)3-4-16(2)12(18)8-5-9(13)11(15)10(14)6-8/h5-7,17H,3-4,15H2,1-2H3. The molecule has 0 aliphatic rings. The Labute approximate surface area is 116 Å². The Bertz CT molecular complexity index is 427. The molecule has 1 aromatic carbocycles. The Morgan fingerprint density at radius 1 is 1.44 bits per heavy atom. The van der Waals surface area contributed by atoms with Gasteiger partial charge < -0.3 is 15.7 Å². The minimum Gasteiger partial charge on any atom is -0.396 e. The second-order valence-electron chi connectivity index (χ2n) is 4.22. The number of hydrogen-bond donors (Lipinski definition) is 2. The van der Waals surface area contributed by atoms with Crippen molar-refractivity contribution in [1.29, 1.82) is 0 Å². The van der Waals surface area contributed by atoms with Gasteiger partial charge in [-0.05, 0) is 25.5 Å². The van der Waals surface area contributed by atoms with Crippen molar-refractivity contribution < 1.29 is 9.90 Å². The number of benzene rings is 1. The molecular weight excluding hydrogens is 275 g/mol. The number of halogens is 2. The number of anilines is 1. The van der Waals surface area contributed by atoms with E-state index in [2.05, 4.69) is 0 Å². The lowest BCUT2D eigenvalue weighted by atomic mass is 10.1. The zero-order valence-electron chi connectivity index (χ0n) is 10.3. The van der Waals surface area contributed by atoms with Crippen LogP contribution in [0.25, 0.3) is 0 Å². The van der Waals surface area contributed by atoms with Gasteiger partial charge in [0.1, 0.15) is 0 Å². The average Bonchev–Trinajstić information content (AvgIpc) is 2.31. The van der Waals surface area contributed by atoms with Gasteiger partial charge in [-0.1, -0.05) is 23.2 Å². The zero-order valence-corrected chi connectivity index (χ0v) is 11.8. The molecule has 0 bridgehead atoms. The maximum absolute atomic E-state index is 12.1. The van der Waals surface area contributed by atoms with E-state index in [0.717, 1.165) is 0 Å². The molecule has 6 heteroatoms. The summed E-state index contributed by atoms with van der Waals surface area (Å²) in [6, 6.07) is 2.98. The highest BCUT2D eigenvalue weighted by Gasteiger charge is 2.15. The summed E-state index contributed by atoms with van der Waals surface area (Å²) in [6.45, 7) is 2.13. The number of carbonyl (C=O) groups excluding carboxylic acids is 1. The molecule has 0 saturated carbocycles. The zero-order chi connectivity index (χ0) is 13.9. The fraction of sp³-hybridized carbons (Fsp3) is 0.417. The molecule has 3 N–H and O–H groups in total. The van der Waals surface area contributed by atoms with Crippen LogP contribution in [0.2, 0.25) is 10.0 Å². The van der Waals surface area contributed by atoms with Gasteiger partial charge in [0.05, 0.1) is 21.8 Å². The Hall–Kier alpha value is -0.970. The summed E-state index contributed by atoms with van der Waals surface area (Å²) in [5.41, 5.74) is 6.25. The highest BCUT2D eigenvalue weighted by molar-refractivity contribution is 6.39. The molecule has 4 nitrogen and oxygen atoms in total. The summed E-state index contributed by atoms with van der Waals surface area (Å²) in [5, 5.41) is 9.70. The van der Waals surface area contributed by atoms with Gasteiger partial charge in [-0.3, -0.25) is 4.79 Å². The Morgan fingerprint density at radius 3 is 2.39 bits per heavy atom. The van der Waals surface area contributed by atoms with Crippen LogP contribution in [0.4, 0.5) is 5.69 Å². The van der Waals surface area contributed by atoms with Crippen molar-refractivity contribution in [2.45, 2.75) is 19.4 Å². The molecule has 0 fully saturated rings. The van der Waals surface area contributed by atoms with Crippen molar-refractivity contribution in [1.82, 2.24) is 4.90 Å². The molecule has 0 saturated heterocycles. The number of hydrogen-bond acceptors (Lipinski definition) is 3. The van der Waals surface area contributed by atoms with Gasteiger partial charge in [0, 0.05) is 19.2 Å². The molecular formula is C12H16Cl2N2O2. The molecule has 18 heavy (non-hydrogen) atoms. The lowest BCUT2D eigenvalue weighted by Gasteiger charge is -2.18. The molecule has 0 aliphatic heterocycles. The minimum atomic E-state index is -0.446. The van der Waals surface area contributed by atoms with Crippen molar-refractivity contribution in [3.8, 4) is 0 Å². The first-order chi connectivity index (χ1) is 8.32. The number of carbonyl (C=O) groups is 1. The van der Waals surface area contributed by atoms with Crippen LogP contribution in [0, 0.1) is 0 Å². The second-order valence-corrected chi connectivity index (χ2v) is 5.03. The Morgan fingerprint density at radius 2 is 1.94 bits per heavy atom. The number of amides is 1. The summed E-state index contributed by atoms with van der Waals surface area (Å²) in [7, 11) is 1.66. The number of nitrogens with zero attached hydrogens (tertiary/aromatic N) is 1. The third-order valence-corrected chi connectivity index (χ3v) is 3.18. The molecule has 0 heterocycles. The fourth-order valence-corrected chi connectivity index (χ4v) is 1.90. The highest BCUT2D eigenvalue weighted by Crippen LogP contribution is 2.29. The molecule has 1 atom stereocenters. The van der Waals surface area contributed by atoms with Crippen LogP contribution >= 0.6 is 23.2 Å². The predicted molar refractivity (Wildman–Crippen MR) is 74.1 cm³/mol. The summed E-state index contributed by atoms with van der Waals surface area (Å²) in [5.74, 6) is -0.209. The van der Waals surface area contributed by atoms with Crippen LogP contribution in [0.1, 0.15) is 23.7 Å². The van der Waals surface area contributed by atoms with Gasteiger partial charge >= 0.3 is 0 Å². The van der Waals surface area contributed by atoms with E-state index < -0.39 is 6.10 Å². The SMILES string of the molecule is CC(O)CCN(C)C(=O)c1cc(Cl)c(N)c(Cl)c1. The molecule has 0 spiro atoms. The lowest BCUT2D eigenvalue weighted by Crippen LogP contribution is -2.29. The number of nitrogens with two attached hydrogens (primary N) is 1. The molecule has 1 aromatic rings. The molecule has 1 amide bonds.